The SMILES string of the molecule is CCNC(=NCC(C)(C)N1CCOCC1)NCCC1CCCN(C(=O)OC(C)(C)C)C1.I. The maximum atomic E-state index is 12.4. The Morgan fingerprint density at radius 3 is 2.44 bits per heavy atom. The standard InChI is InChI=1S/C23H45N5O3.HI/c1-7-24-20(26-18-23(5,6)28-13-15-30-16-14-28)25-11-10-19-9-8-12-27(17-19)21(29)31-22(2,3)4;/h19H,7-18H2,1-6H3,(H2,24,25,26);1H. The number of hydrogen-bond donors (Lipinski definition) is 2. The van der Waals surface area contributed by atoms with Crippen molar-refractivity contribution < 1.29 is 14.3 Å². The minimum atomic E-state index is -0.447. The van der Waals surface area contributed by atoms with Gasteiger partial charge in [-0.2, -0.15) is 0 Å². The first-order valence-electron chi connectivity index (χ1n) is 11.9. The molecule has 2 N–H and O–H groups in total. The Morgan fingerprint density at radius 1 is 1.12 bits per heavy atom. The number of morpholine rings is 1. The second-order valence-corrected chi connectivity index (χ2v) is 10.3. The molecule has 2 heterocycles. The van der Waals surface area contributed by atoms with Gasteiger partial charge in [0, 0.05) is 44.8 Å². The van der Waals surface area contributed by atoms with Gasteiger partial charge < -0.3 is 25.0 Å². The summed E-state index contributed by atoms with van der Waals surface area (Å²) in [5, 5.41) is 6.85. The van der Waals surface area contributed by atoms with E-state index in [-0.39, 0.29) is 35.6 Å². The van der Waals surface area contributed by atoms with E-state index in [1.165, 1.54) is 0 Å². The number of aliphatic imine (C=N–C) groups is 1. The van der Waals surface area contributed by atoms with Gasteiger partial charge in [-0.3, -0.25) is 9.89 Å². The zero-order chi connectivity index (χ0) is 22.9. The molecule has 2 aliphatic heterocycles. The molecule has 0 aromatic heterocycles. The fraction of sp³-hybridized carbons (Fsp3) is 0.913. The zero-order valence-electron chi connectivity index (χ0n) is 21.0. The predicted molar refractivity (Wildman–Crippen MR) is 141 cm³/mol. The van der Waals surface area contributed by atoms with Crippen LogP contribution >= 0.6 is 24.0 Å². The lowest BCUT2D eigenvalue weighted by molar-refractivity contribution is -0.00683. The summed E-state index contributed by atoms with van der Waals surface area (Å²) in [6, 6.07) is 0. The monoisotopic (exact) mass is 567 g/mol. The molecule has 0 radical (unpaired) electrons. The number of nitrogens with one attached hydrogen (secondary N) is 2. The first kappa shape index (κ1) is 29.2. The summed E-state index contributed by atoms with van der Waals surface area (Å²) >= 11 is 0. The highest BCUT2D eigenvalue weighted by atomic mass is 127. The summed E-state index contributed by atoms with van der Waals surface area (Å²) in [7, 11) is 0. The van der Waals surface area contributed by atoms with Crippen LogP contribution in [0.4, 0.5) is 4.79 Å². The summed E-state index contributed by atoms with van der Waals surface area (Å²) < 4.78 is 11.0. The van der Waals surface area contributed by atoms with Crippen molar-refractivity contribution in [1.29, 1.82) is 0 Å². The van der Waals surface area contributed by atoms with E-state index in [0.29, 0.717) is 5.92 Å². The van der Waals surface area contributed by atoms with Crippen molar-refractivity contribution in [3.05, 3.63) is 0 Å². The van der Waals surface area contributed by atoms with Crippen molar-refractivity contribution in [2.45, 2.75) is 71.9 Å². The van der Waals surface area contributed by atoms with E-state index in [1.54, 1.807) is 0 Å². The van der Waals surface area contributed by atoms with Crippen LogP contribution in [0.5, 0.6) is 0 Å². The van der Waals surface area contributed by atoms with Crippen LogP contribution in [0, 0.1) is 5.92 Å². The number of carbonyl (C=O) groups is 1. The molecular weight excluding hydrogens is 521 g/mol. The predicted octanol–water partition coefficient (Wildman–Crippen LogP) is 3.31. The highest BCUT2D eigenvalue weighted by molar-refractivity contribution is 14.0. The van der Waals surface area contributed by atoms with Crippen molar-refractivity contribution >= 4 is 36.0 Å². The Kier molecular flexibility index (Phi) is 12.6. The molecule has 2 fully saturated rings. The van der Waals surface area contributed by atoms with Crippen LogP contribution < -0.4 is 10.6 Å². The van der Waals surface area contributed by atoms with Gasteiger partial charge in [0.1, 0.15) is 5.60 Å². The van der Waals surface area contributed by atoms with Crippen molar-refractivity contribution in [3.63, 3.8) is 0 Å². The molecule has 2 saturated heterocycles. The molecule has 0 spiro atoms. The molecule has 0 aromatic carbocycles. The molecule has 1 atom stereocenters. The molecule has 1 unspecified atom stereocenters. The van der Waals surface area contributed by atoms with E-state index in [2.05, 4.69) is 36.3 Å². The van der Waals surface area contributed by atoms with E-state index in [1.807, 2.05) is 25.7 Å². The normalized spacial score (nSPS) is 21.0. The zero-order valence-corrected chi connectivity index (χ0v) is 23.4. The van der Waals surface area contributed by atoms with Crippen LogP contribution in [0.1, 0.15) is 60.8 Å². The lowest BCUT2D eigenvalue weighted by Crippen LogP contribution is -2.52. The van der Waals surface area contributed by atoms with E-state index >= 15 is 0 Å². The molecule has 2 rings (SSSR count). The van der Waals surface area contributed by atoms with Crippen molar-refractivity contribution in [2.24, 2.45) is 10.9 Å². The van der Waals surface area contributed by atoms with E-state index in [9.17, 15) is 4.79 Å². The van der Waals surface area contributed by atoms with Crippen molar-refractivity contribution in [3.8, 4) is 0 Å². The number of hydrogen-bond acceptors (Lipinski definition) is 5. The van der Waals surface area contributed by atoms with Crippen LogP contribution in [-0.2, 0) is 9.47 Å². The minimum absolute atomic E-state index is 0. The third kappa shape index (κ3) is 10.4. The third-order valence-corrected chi connectivity index (χ3v) is 5.85. The number of ether oxygens (including phenoxy) is 2. The van der Waals surface area contributed by atoms with Crippen LogP contribution in [0.15, 0.2) is 4.99 Å². The molecule has 9 heteroatoms. The number of rotatable bonds is 7. The highest BCUT2D eigenvalue weighted by Crippen LogP contribution is 2.21. The molecule has 0 bridgehead atoms. The van der Waals surface area contributed by atoms with E-state index < -0.39 is 5.60 Å². The number of carbonyl (C=O) groups excluding carboxylic acids is 1. The van der Waals surface area contributed by atoms with Gasteiger partial charge in [-0.1, -0.05) is 0 Å². The number of amides is 1. The highest BCUT2D eigenvalue weighted by Gasteiger charge is 2.29. The molecule has 0 aromatic rings. The number of nitrogens with zero attached hydrogens (tertiary/aromatic N) is 3. The molecular formula is C23H46IN5O3. The van der Waals surface area contributed by atoms with Crippen molar-refractivity contribution in [1.82, 2.24) is 20.4 Å². The summed E-state index contributed by atoms with van der Waals surface area (Å²) in [6.07, 6.45) is 3.01. The molecule has 2 aliphatic rings. The number of halogens is 1. The van der Waals surface area contributed by atoms with Crippen LogP contribution in [0.2, 0.25) is 0 Å². The van der Waals surface area contributed by atoms with Gasteiger partial charge >= 0.3 is 6.09 Å². The third-order valence-electron chi connectivity index (χ3n) is 5.85. The van der Waals surface area contributed by atoms with Crippen LogP contribution in [-0.4, -0.2) is 92.0 Å². The Bertz CT molecular complexity index is 589. The van der Waals surface area contributed by atoms with Crippen molar-refractivity contribution in [2.75, 3.05) is 59.0 Å². The van der Waals surface area contributed by atoms with E-state index in [4.69, 9.17) is 14.5 Å². The largest absolute Gasteiger partial charge is 0.444 e. The first-order chi connectivity index (χ1) is 14.6. The molecule has 0 saturated carbocycles. The second-order valence-electron chi connectivity index (χ2n) is 10.3. The van der Waals surface area contributed by atoms with Gasteiger partial charge in [-0.25, -0.2) is 4.79 Å². The van der Waals surface area contributed by atoms with Gasteiger partial charge in [0.05, 0.1) is 19.8 Å². The quantitative estimate of drug-likeness (QED) is 0.279. The second kappa shape index (κ2) is 13.8. The number of piperidine rings is 1. The van der Waals surface area contributed by atoms with Gasteiger partial charge in [-0.05, 0) is 66.7 Å². The van der Waals surface area contributed by atoms with Crippen LogP contribution in [0.25, 0.3) is 0 Å². The first-order valence-corrected chi connectivity index (χ1v) is 11.9. The topological polar surface area (TPSA) is 78.4 Å². The Hall–Kier alpha value is -0.810. The Balaban J connectivity index is 0.00000512. The molecule has 1 amide bonds. The van der Waals surface area contributed by atoms with E-state index in [0.717, 1.165) is 84.2 Å². The average molecular weight is 568 g/mol. The molecule has 0 aliphatic carbocycles. The molecule has 32 heavy (non-hydrogen) atoms. The molecule has 188 valence electrons. The lowest BCUT2D eigenvalue weighted by atomic mass is 9.95. The number of likely N-dealkylation sites (tertiary alicyclic amines) is 1. The maximum Gasteiger partial charge on any atom is 0.410 e. The minimum Gasteiger partial charge on any atom is -0.444 e. The summed E-state index contributed by atoms with van der Waals surface area (Å²) in [5.74, 6) is 1.35. The van der Waals surface area contributed by atoms with Gasteiger partial charge in [0.15, 0.2) is 5.96 Å². The fourth-order valence-electron chi connectivity index (χ4n) is 4.07. The Morgan fingerprint density at radius 2 is 1.81 bits per heavy atom. The fourth-order valence-corrected chi connectivity index (χ4v) is 4.07. The summed E-state index contributed by atoms with van der Waals surface area (Å²) in [5.41, 5.74) is -0.443. The van der Waals surface area contributed by atoms with Crippen LogP contribution in [0.3, 0.4) is 0 Å². The maximum absolute atomic E-state index is 12.4. The Labute approximate surface area is 212 Å². The summed E-state index contributed by atoms with van der Waals surface area (Å²) in [6.45, 7) is 19.8. The number of guanidine groups is 1. The van der Waals surface area contributed by atoms with Gasteiger partial charge in [0.2, 0.25) is 0 Å². The summed E-state index contributed by atoms with van der Waals surface area (Å²) in [4.78, 5) is 21.6. The van der Waals surface area contributed by atoms with Gasteiger partial charge in [-0.15, -0.1) is 24.0 Å². The van der Waals surface area contributed by atoms with Gasteiger partial charge in [0.25, 0.3) is 0 Å². The smallest absolute Gasteiger partial charge is 0.410 e. The molecule has 8 nitrogen and oxygen atoms in total. The lowest BCUT2D eigenvalue weighted by Gasteiger charge is -2.40. The average Bonchev–Trinajstić information content (AvgIpc) is 2.72.